The summed E-state index contributed by atoms with van der Waals surface area (Å²) in [5, 5.41) is 0. The van der Waals surface area contributed by atoms with Crippen LogP contribution in [0.5, 0.6) is 0 Å². The molecule has 0 heterocycles. The lowest BCUT2D eigenvalue weighted by Gasteiger charge is -2.09. The maximum absolute atomic E-state index is 11.7. The van der Waals surface area contributed by atoms with E-state index in [-0.39, 0.29) is 18.1 Å². The lowest BCUT2D eigenvalue weighted by molar-refractivity contribution is -0.155. The Morgan fingerprint density at radius 2 is 1.91 bits per heavy atom. The lowest BCUT2D eigenvalue weighted by atomic mass is 10.1. The number of carbonyl (C=O) groups excluding carboxylic acids is 2. The van der Waals surface area contributed by atoms with Gasteiger partial charge < -0.3 is 19.3 Å². The van der Waals surface area contributed by atoms with Crippen molar-refractivity contribution in [3.05, 3.63) is 35.4 Å². The van der Waals surface area contributed by atoms with E-state index in [1.807, 2.05) is 0 Å². The largest absolute Gasteiger partial charge is 0.469 e. The van der Waals surface area contributed by atoms with Crippen LogP contribution in [0.4, 0.5) is 0 Å². The third kappa shape index (κ3) is 6.82. The number of ether oxygens (including phenoxy) is 2. The number of benzene rings is 1. The average molecular weight is 332 g/mol. The Hall–Kier alpha value is -1.73. The lowest BCUT2D eigenvalue weighted by Crippen LogP contribution is -2.16. The molecule has 22 heavy (non-hydrogen) atoms. The fourth-order valence-corrected chi connectivity index (χ4v) is 1.66. The molecule has 0 spiro atoms. The summed E-state index contributed by atoms with van der Waals surface area (Å²) in [6.07, 6.45) is 0. The maximum atomic E-state index is 11.7. The van der Waals surface area contributed by atoms with Gasteiger partial charge in [-0.3, -0.25) is 9.32 Å². The summed E-state index contributed by atoms with van der Waals surface area (Å²) in [6, 6.07) is 5.86. The zero-order chi connectivity index (χ0) is 16.8. The smallest absolute Gasteiger partial charge is 0.428 e. The van der Waals surface area contributed by atoms with E-state index in [1.54, 1.807) is 13.8 Å². The van der Waals surface area contributed by atoms with Gasteiger partial charge in [-0.1, -0.05) is 26.0 Å². The van der Waals surface area contributed by atoms with Crippen molar-refractivity contribution in [3.8, 4) is 0 Å². The van der Waals surface area contributed by atoms with Crippen LogP contribution in [0.1, 0.15) is 29.8 Å². The van der Waals surface area contributed by atoms with Gasteiger partial charge in [-0.05, 0) is 17.7 Å². The molecule has 1 aromatic carbocycles. The van der Waals surface area contributed by atoms with E-state index >= 15 is 0 Å². The minimum absolute atomic E-state index is 0.146. The SMILES string of the molecule is CC(C)C(=O)OCOC(=O)c1cccc(COP(=O)(O)O)c1. The van der Waals surface area contributed by atoms with Gasteiger partial charge in [-0.25, -0.2) is 9.36 Å². The molecule has 122 valence electrons. The summed E-state index contributed by atoms with van der Waals surface area (Å²) < 4.78 is 24.4. The molecule has 0 radical (unpaired) electrons. The number of hydrogen-bond acceptors (Lipinski definition) is 6. The van der Waals surface area contributed by atoms with E-state index in [2.05, 4.69) is 4.52 Å². The highest BCUT2D eigenvalue weighted by Crippen LogP contribution is 2.36. The van der Waals surface area contributed by atoms with Gasteiger partial charge >= 0.3 is 19.8 Å². The van der Waals surface area contributed by atoms with Crippen molar-refractivity contribution in [2.45, 2.75) is 20.5 Å². The van der Waals surface area contributed by atoms with Crippen molar-refractivity contribution in [1.82, 2.24) is 0 Å². The molecule has 1 aromatic rings. The molecule has 0 bridgehead atoms. The highest BCUT2D eigenvalue weighted by Gasteiger charge is 2.15. The molecule has 0 amide bonds. The number of phosphoric ester groups is 1. The minimum Gasteiger partial charge on any atom is -0.428 e. The van der Waals surface area contributed by atoms with Crippen LogP contribution in [-0.2, 0) is 30.0 Å². The minimum atomic E-state index is -4.58. The first-order valence-electron chi connectivity index (χ1n) is 6.32. The van der Waals surface area contributed by atoms with Crippen LogP contribution in [0.3, 0.4) is 0 Å². The first kappa shape index (κ1) is 18.3. The van der Waals surface area contributed by atoms with Gasteiger partial charge in [0.15, 0.2) is 0 Å². The van der Waals surface area contributed by atoms with Crippen molar-refractivity contribution in [2.75, 3.05) is 6.79 Å². The number of rotatable bonds is 7. The second kappa shape index (κ2) is 8.05. The van der Waals surface area contributed by atoms with Crippen molar-refractivity contribution in [2.24, 2.45) is 5.92 Å². The predicted octanol–water partition coefficient (Wildman–Crippen LogP) is 1.61. The summed E-state index contributed by atoms with van der Waals surface area (Å²) in [4.78, 5) is 40.2. The fourth-order valence-electron chi connectivity index (χ4n) is 1.34. The fraction of sp³-hybridized carbons (Fsp3) is 0.385. The van der Waals surface area contributed by atoms with E-state index in [4.69, 9.17) is 19.3 Å². The second-order valence-corrected chi connectivity index (χ2v) is 5.87. The van der Waals surface area contributed by atoms with Gasteiger partial charge in [-0.2, -0.15) is 0 Å². The van der Waals surface area contributed by atoms with E-state index in [1.165, 1.54) is 24.3 Å². The van der Waals surface area contributed by atoms with Crippen molar-refractivity contribution < 1.29 is 37.9 Å². The van der Waals surface area contributed by atoms with Gasteiger partial charge in [0.1, 0.15) is 0 Å². The molecule has 9 heteroatoms. The Bertz CT molecular complexity index is 577. The Balaban J connectivity index is 2.55. The second-order valence-electron chi connectivity index (χ2n) is 4.63. The quantitative estimate of drug-likeness (QED) is 0.439. The van der Waals surface area contributed by atoms with Crippen LogP contribution >= 0.6 is 7.82 Å². The summed E-state index contributed by atoms with van der Waals surface area (Å²) in [5.41, 5.74) is 0.532. The highest BCUT2D eigenvalue weighted by atomic mass is 31.2. The van der Waals surface area contributed by atoms with E-state index in [0.29, 0.717) is 5.56 Å². The van der Waals surface area contributed by atoms with Crippen LogP contribution in [0.25, 0.3) is 0 Å². The Morgan fingerprint density at radius 3 is 2.50 bits per heavy atom. The number of carbonyl (C=O) groups is 2. The van der Waals surface area contributed by atoms with Crippen LogP contribution in [-0.4, -0.2) is 28.5 Å². The number of hydrogen-bond donors (Lipinski definition) is 2. The van der Waals surface area contributed by atoms with Gasteiger partial charge in [0.05, 0.1) is 18.1 Å². The standard InChI is InChI=1S/C13H17O8P/c1-9(2)12(14)19-8-20-13(15)11-5-3-4-10(6-11)7-21-22(16,17)18/h3-6,9H,7-8H2,1-2H3,(H2,16,17,18). The molecule has 0 saturated carbocycles. The molecule has 0 atom stereocenters. The van der Waals surface area contributed by atoms with Gasteiger partial charge in [0.2, 0.25) is 6.79 Å². The molecule has 0 aliphatic heterocycles. The van der Waals surface area contributed by atoms with Crippen molar-refractivity contribution in [3.63, 3.8) is 0 Å². The molecule has 0 aromatic heterocycles. The van der Waals surface area contributed by atoms with Crippen LogP contribution < -0.4 is 0 Å². The summed E-state index contributed by atoms with van der Waals surface area (Å²) in [7, 11) is -4.58. The summed E-state index contributed by atoms with van der Waals surface area (Å²) in [6.45, 7) is 2.44. The Labute approximate surface area is 127 Å². The van der Waals surface area contributed by atoms with Gasteiger partial charge in [0, 0.05) is 0 Å². The van der Waals surface area contributed by atoms with Gasteiger partial charge in [0.25, 0.3) is 0 Å². The van der Waals surface area contributed by atoms with Crippen LogP contribution in [0.15, 0.2) is 24.3 Å². The van der Waals surface area contributed by atoms with E-state index < -0.39 is 26.6 Å². The zero-order valence-corrected chi connectivity index (χ0v) is 13.0. The monoisotopic (exact) mass is 332 g/mol. The molecule has 0 saturated heterocycles. The Morgan fingerprint density at radius 1 is 1.23 bits per heavy atom. The molecular weight excluding hydrogens is 315 g/mol. The first-order valence-corrected chi connectivity index (χ1v) is 7.85. The molecule has 8 nitrogen and oxygen atoms in total. The predicted molar refractivity (Wildman–Crippen MR) is 74.5 cm³/mol. The van der Waals surface area contributed by atoms with Crippen LogP contribution in [0, 0.1) is 5.92 Å². The molecule has 0 fully saturated rings. The third-order valence-corrected chi connectivity index (χ3v) is 2.89. The van der Waals surface area contributed by atoms with Crippen molar-refractivity contribution >= 4 is 19.8 Å². The summed E-state index contributed by atoms with van der Waals surface area (Å²) >= 11 is 0. The van der Waals surface area contributed by atoms with Crippen molar-refractivity contribution in [1.29, 1.82) is 0 Å². The molecule has 0 aliphatic carbocycles. The Kier molecular flexibility index (Phi) is 6.70. The van der Waals surface area contributed by atoms with Crippen LogP contribution in [0.2, 0.25) is 0 Å². The molecule has 0 aliphatic rings. The average Bonchev–Trinajstić information content (AvgIpc) is 2.44. The zero-order valence-electron chi connectivity index (χ0n) is 12.1. The highest BCUT2D eigenvalue weighted by molar-refractivity contribution is 7.46. The maximum Gasteiger partial charge on any atom is 0.469 e. The van der Waals surface area contributed by atoms with Gasteiger partial charge in [-0.15, -0.1) is 0 Å². The molecular formula is C13H17O8P. The molecule has 0 unspecified atom stereocenters. The van der Waals surface area contributed by atoms with E-state index in [0.717, 1.165) is 0 Å². The normalized spacial score (nSPS) is 11.3. The van der Waals surface area contributed by atoms with E-state index in [9.17, 15) is 14.2 Å². The molecule has 1 rings (SSSR count). The first-order chi connectivity index (χ1) is 10.2. The molecule has 2 N–H and O–H groups in total. The third-order valence-electron chi connectivity index (χ3n) is 2.42. The number of phosphoric acid groups is 1. The topological polar surface area (TPSA) is 119 Å². The number of esters is 2. The summed E-state index contributed by atoms with van der Waals surface area (Å²) in [5.74, 6) is -1.54.